The van der Waals surface area contributed by atoms with Gasteiger partial charge in [-0.2, -0.15) is 0 Å². The molecule has 0 saturated carbocycles. The van der Waals surface area contributed by atoms with Gasteiger partial charge in [0.1, 0.15) is 11.6 Å². The standard InChI is InChI=1S/C29H26F2/c1-3-5-6-7-26-19-16-25(21-29(26)31)13-12-23-8-10-24(11-9-23)15-18-27-17-14-22(4-2)20-28(27)30/h8-11,14,16-17,19-21H,3-7H2,1-2H3. The first kappa shape index (κ1) is 22.3. The molecule has 31 heavy (non-hydrogen) atoms. The molecule has 0 amide bonds. The molecule has 3 rings (SSSR count). The van der Waals surface area contributed by atoms with Crippen molar-refractivity contribution >= 4 is 0 Å². The summed E-state index contributed by atoms with van der Waals surface area (Å²) < 4.78 is 28.3. The first-order chi connectivity index (χ1) is 15.1. The lowest BCUT2D eigenvalue weighted by Crippen LogP contribution is -1.92. The van der Waals surface area contributed by atoms with Crippen molar-refractivity contribution in [2.45, 2.75) is 46.0 Å². The van der Waals surface area contributed by atoms with E-state index in [1.807, 2.05) is 49.4 Å². The monoisotopic (exact) mass is 412 g/mol. The molecule has 2 heteroatoms. The van der Waals surface area contributed by atoms with E-state index in [1.165, 1.54) is 12.1 Å². The molecule has 0 spiro atoms. The van der Waals surface area contributed by atoms with Crippen LogP contribution in [0.3, 0.4) is 0 Å². The van der Waals surface area contributed by atoms with E-state index in [-0.39, 0.29) is 11.6 Å². The lowest BCUT2D eigenvalue weighted by Gasteiger charge is -2.03. The third-order valence-electron chi connectivity index (χ3n) is 5.12. The molecule has 0 aliphatic heterocycles. The molecule has 0 nitrogen and oxygen atoms in total. The van der Waals surface area contributed by atoms with E-state index < -0.39 is 0 Å². The maximum atomic E-state index is 14.2. The molecular weight excluding hydrogens is 386 g/mol. The van der Waals surface area contributed by atoms with Gasteiger partial charge in [-0.1, -0.05) is 62.5 Å². The minimum Gasteiger partial charge on any atom is -0.207 e. The molecule has 0 unspecified atom stereocenters. The molecule has 3 aromatic carbocycles. The molecule has 0 aliphatic carbocycles. The number of benzene rings is 3. The fourth-order valence-electron chi connectivity index (χ4n) is 3.19. The summed E-state index contributed by atoms with van der Waals surface area (Å²) in [7, 11) is 0. The van der Waals surface area contributed by atoms with Crippen molar-refractivity contribution in [1.82, 2.24) is 0 Å². The van der Waals surface area contributed by atoms with Gasteiger partial charge in [-0.15, -0.1) is 0 Å². The zero-order valence-corrected chi connectivity index (χ0v) is 18.1. The van der Waals surface area contributed by atoms with Crippen molar-refractivity contribution in [2.75, 3.05) is 0 Å². The summed E-state index contributed by atoms with van der Waals surface area (Å²) in [6.07, 6.45) is 4.80. The van der Waals surface area contributed by atoms with Crippen LogP contribution in [0, 0.1) is 35.3 Å². The molecule has 156 valence electrons. The zero-order chi connectivity index (χ0) is 22.1. The predicted octanol–water partition coefficient (Wildman–Crippen LogP) is 7.06. The van der Waals surface area contributed by atoms with Gasteiger partial charge >= 0.3 is 0 Å². The highest BCUT2D eigenvalue weighted by molar-refractivity contribution is 5.48. The van der Waals surface area contributed by atoms with E-state index in [2.05, 4.69) is 30.6 Å². The molecule has 0 aromatic heterocycles. The highest BCUT2D eigenvalue weighted by Crippen LogP contribution is 2.14. The molecule has 0 fully saturated rings. The number of aryl methyl sites for hydroxylation is 2. The molecule has 0 radical (unpaired) electrons. The van der Waals surface area contributed by atoms with Crippen molar-refractivity contribution < 1.29 is 8.78 Å². The first-order valence-corrected chi connectivity index (χ1v) is 10.8. The lowest BCUT2D eigenvalue weighted by molar-refractivity contribution is 0.598. The van der Waals surface area contributed by atoms with E-state index in [1.54, 1.807) is 6.07 Å². The Morgan fingerprint density at radius 1 is 0.645 bits per heavy atom. The van der Waals surface area contributed by atoms with E-state index in [4.69, 9.17) is 0 Å². The smallest absolute Gasteiger partial charge is 0.139 e. The molecule has 0 bridgehead atoms. The van der Waals surface area contributed by atoms with Gasteiger partial charge in [0.05, 0.1) is 5.56 Å². The number of hydrogen-bond donors (Lipinski definition) is 0. The Labute approximate surface area is 184 Å². The van der Waals surface area contributed by atoms with Gasteiger partial charge in [-0.3, -0.25) is 0 Å². The van der Waals surface area contributed by atoms with E-state index >= 15 is 0 Å². The van der Waals surface area contributed by atoms with Crippen molar-refractivity contribution in [2.24, 2.45) is 0 Å². The summed E-state index contributed by atoms with van der Waals surface area (Å²) >= 11 is 0. The van der Waals surface area contributed by atoms with E-state index in [0.717, 1.165) is 54.4 Å². The summed E-state index contributed by atoms with van der Waals surface area (Å²) in [4.78, 5) is 0. The van der Waals surface area contributed by atoms with Gasteiger partial charge < -0.3 is 0 Å². The van der Waals surface area contributed by atoms with Crippen molar-refractivity contribution in [3.8, 4) is 23.7 Å². The molecule has 3 aromatic rings. The minimum atomic E-state index is -0.294. The Kier molecular flexibility index (Phi) is 8.03. The Morgan fingerprint density at radius 3 is 1.90 bits per heavy atom. The molecule has 0 N–H and O–H groups in total. The van der Waals surface area contributed by atoms with Crippen LogP contribution in [0.15, 0.2) is 60.7 Å². The maximum absolute atomic E-state index is 14.2. The molecule has 0 atom stereocenters. The Hall–Kier alpha value is -3.36. The SMILES string of the molecule is CCCCCc1ccc(C#Cc2ccc(C#Cc3ccc(CC)cc3F)cc2)cc1F. The maximum Gasteiger partial charge on any atom is 0.139 e. The Balaban J connectivity index is 1.67. The molecule has 0 saturated heterocycles. The normalized spacial score (nSPS) is 10.1. The van der Waals surface area contributed by atoms with Gasteiger partial charge in [-0.05, 0) is 78.9 Å². The Morgan fingerprint density at radius 2 is 1.29 bits per heavy atom. The molecular formula is C29H26F2. The van der Waals surface area contributed by atoms with Crippen LogP contribution < -0.4 is 0 Å². The summed E-state index contributed by atoms with van der Waals surface area (Å²) in [5.74, 6) is 11.5. The van der Waals surface area contributed by atoms with E-state index in [9.17, 15) is 8.78 Å². The van der Waals surface area contributed by atoms with Crippen LogP contribution >= 0.6 is 0 Å². The average molecular weight is 413 g/mol. The predicted molar refractivity (Wildman–Crippen MR) is 124 cm³/mol. The fourth-order valence-corrected chi connectivity index (χ4v) is 3.19. The Bertz CT molecular complexity index is 1150. The molecule has 0 heterocycles. The summed E-state index contributed by atoms with van der Waals surface area (Å²) in [5, 5.41) is 0. The minimum absolute atomic E-state index is 0.187. The van der Waals surface area contributed by atoms with Crippen molar-refractivity contribution in [1.29, 1.82) is 0 Å². The van der Waals surface area contributed by atoms with Crippen LogP contribution in [0.25, 0.3) is 0 Å². The first-order valence-electron chi connectivity index (χ1n) is 10.8. The van der Waals surface area contributed by atoms with Gasteiger partial charge in [-0.25, -0.2) is 8.78 Å². The van der Waals surface area contributed by atoms with Gasteiger partial charge in [0, 0.05) is 16.7 Å². The highest BCUT2D eigenvalue weighted by Gasteiger charge is 2.03. The lowest BCUT2D eigenvalue weighted by atomic mass is 10.0. The van der Waals surface area contributed by atoms with Crippen LogP contribution in [0.5, 0.6) is 0 Å². The number of unbranched alkanes of at least 4 members (excludes halogenated alkanes) is 2. The van der Waals surface area contributed by atoms with Crippen LogP contribution in [0.2, 0.25) is 0 Å². The summed E-state index contributed by atoms with van der Waals surface area (Å²) in [5.41, 5.74) is 4.36. The van der Waals surface area contributed by atoms with Gasteiger partial charge in [0.15, 0.2) is 0 Å². The van der Waals surface area contributed by atoms with Gasteiger partial charge in [0.25, 0.3) is 0 Å². The highest BCUT2D eigenvalue weighted by atomic mass is 19.1. The number of hydrogen-bond acceptors (Lipinski definition) is 0. The fraction of sp³-hybridized carbons (Fsp3) is 0.241. The summed E-state index contributed by atoms with van der Waals surface area (Å²) in [6.45, 7) is 4.13. The third-order valence-corrected chi connectivity index (χ3v) is 5.12. The molecule has 0 aliphatic rings. The van der Waals surface area contributed by atoms with Crippen LogP contribution in [-0.4, -0.2) is 0 Å². The van der Waals surface area contributed by atoms with Crippen molar-refractivity contribution in [3.63, 3.8) is 0 Å². The van der Waals surface area contributed by atoms with Crippen LogP contribution in [0.1, 0.15) is 66.5 Å². The summed E-state index contributed by atoms with van der Waals surface area (Å²) in [6, 6.07) is 17.8. The number of rotatable bonds is 5. The van der Waals surface area contributed by atoms with Gasteiger partial charge in [0.2, 0.25) is 0 Å². The van der Waals surface area contributed by atoms with E-state index in [0.29, 0.717) is 11.1 Å². The van der Waals surface area contributed by atoms with Crippen LogP contribution in [-0.2, 0) is 12.8 Å². The van der Waals surface area contributed by atoms with Crippen LogP contribution in [0.4, 0.5) is 8.78 Å². The third kappa shape index (κ3) is 6.56. The van der Waals surface area contributed by atoms with Crippen molar-refractivity contribution in [3.05, 3.63) is 106 Å². The number of halogens is 2. The topological polar surface area (TPSA) is 0 Å². The second-order valence-corrected chi connectivity index (χ2v) is 7.51. The second-order valence-electron chi connectivity index (χ2n) is 7.51. The largest absolute Gasteiger partial charge is 0.207 e. The zero-order valence-electron chi connectivity index (χ0n) is 18.1. The second kappa shape index (κ2) is 11.1. The quantitative estimate of drug-likeness (QED) is 0.311. The average Bonchev–Trinajstić information content (AvgIpc) is 2.79.